The van der Waals surface area contributed by atoms with Crippen molar-refractivity contribution >= 4 is 11.0 Å². The lowest BCUT2D eigenvalue weighted by Crippen LogP contribution is -1.82. The number of hydrogen-bond acceptors (Lipinski definition) is 1. The minimum atomic E-state index is 1.04. The fraction of sp³-hybridized carbons (Fsp3) is 0.364. The normalized spacial score (nSPS) is 10.9. The van der Waals surface area contributed by atoms with Gasteiger partial charge >= 0.3 is 0 Å². The Morgan fingerprint density at radius 2 is 2.08 bits per heavy atom. The number of aromatic amines is 1. The topological polar surface area (TPSA) is 28.7 Å². The van der Waals surface area contributed by atoms with Crippen LogP contribution in [0.5, 0.6) is 0 Å². The molecule has 0 amide bonds. The molecule has 68 valence electrons. The first-order valence-electron chi connectivity index (χ1n) is 4.80. The van der Waals surface area contributed by atoms with Crippen LogP contribution in [0.3, 0.4) is 0 Å². The molecule has 0 aliphatic carbocycles. The SMILES string of the molecule is CCc1cnc2cc(CC)[nH]c2c1. The van der Waals surface area contributed by atoms with E-state index in [1.807, 2.05) is 6.20 Å². The van der Waals surface area contributed by atoms with Crippen LogP contribution >= 0.6 is 0 Å². The summed E-state index contributed by atoms with van der Waals surface area (Å²) in [6, 6.07) is 4.30. The predicted octanol–water partition coefficient (Wildman–Crippen LogP) is 2.69. The molecule has 0 saturated heterocycles. The summed E-state index contributed by atoms with van der Waals surface area (Å²) in [6.45, 7) is 4.29. The van der Waals surface area contributed by atoms with Gasteiger partial charge in [-0.1, -0.05) is 13.8 Å². The van der Waals surface area contributed by atoms with Gasteiger partial charge in [-0.15, -0.1) is 0 Å². The maximum Gasteiger partial charge on any atom is 0.0881 e. The van der Waals surface area contributed by atoms with Crippen molar-refractivity contribution in [3.8, 4) is 0 Å². The molecule has 0 radical (unpaired) electrons. The Morgan fingerprint density at radius 1 is 1.23 bits per heavy atom. The number of nitrogens with one attached hydrogen (secondary N) is 1. The summed E-state index contributed by atoms with van der Waals surface area (Å²) in [7, 11) is 0. The standard InChI is InChI=1S/C11H14N2/c1-3-8-5-11-10(12-7-8)6-9(4-2)13-11/h5-7,13H,3-4H2,1-2H3. The predicted molar refractivity (Wildman–Crippen MR) is 54.8 cm³/mol. The Bertz CT molecular complexity index is 413. The number of fused-ring (bicyclic) bond motifs is 1. The quantitative estimate of drug-likeness (QED) is 0.745. The summed E-state index contributed by atoms with van der Waals surface area (Å²) in [5.41, 5.74) is 4.79. The van der Waals surface area contributed by atoms with Crippen molar-refractivity contribution in [1.82, 2.24) is 9.97 Å². The van der Waals surface area contributed by atoms with E-state index in [0.29, 0.717) is 0 Å². The Balaban J connectivity index is 2.57. The lowest BCUT2D eigenvalue weighted by Gasteiger charge is -1.94. The van der Waals surface area contributed by atoms with Crippen molar-refractivity contribution in [1.29, 1.82) is 0 Å². The summed E-state index contributed by atoms with van der Waals surface area (Å²) in [5.74, 6) is 0. The van der Waals surface area contributed by atoms with E-state index < -0.39 is 0 Å². The molecule has 1 N–H and O–H groups in total. The summed E-state index contributed by atoms with van der Waals surface area (Å²) in [6.07, 6.45) is 4.04. The highest BCUT2D eigenvalue weighted by molar-refractivity contribution is 5.76. The van der Waals surface area contributed by atoms with Gasteiger partial charge in [0.25, 0.3) is 0 Å². The van der Waals surface area contributed by atoms with E-state index in [1.54, 1.807) is 0 Å². The van der Waals surface area contributed by atoms with E-state index >= 15 is 0 Å². The highest BCUT2D eigenvalue weighted by Gasteiger charge is 2.00. The van der Waals surface area contributed by atoms with Crippen LogP contribution in [-0.4, -0.2) is 9.97 Å². The summed E-state index contributed by atoms with van der Waals surface area (Å²) < 4.78 is 0. The third kappa shape index (κ3) is 1.44. The smallest absolute Gasteiger partial charge is 0.0881 e. The molecular formula is C11H14N2. The molecule has 0 atom stereocenters. The molecule has 0 bridgehead atoms. The molecule has 13 heavy (non-hydrogen) atoms. The van der Waals surface area contributed by atoms with Crippen LogP contribution in [0, 0.1) is 0 Å². The first kappa shape index (κ1) is 8.30. The van der Waals surface area contributed by atoms with Crippen molar-refractivity contribution in [3.05, 3.63) is 29.6 Å². The number of aromatic nitrogens is 2. The number of H-pyrrole nitrogens is 1. The zero-order valence-corrected chi connectivity index (χ0v) is 8.09. The molecule has 0 fully saturated rings. The molecule has 0 aliphatic rings. The first-order valence-corrected chi connectivity index (χ1v) is 4.80. The average Bonchev–Trinajstić information content (AvgIpc) is 2.58. The van der Waals surface area contributed by atoms with Crippen molar-refractivity contribution in [2.24, 2.45) is 0 Å². The molecule has 0 aromatic carbocycles. The van der Waals surface area contributed by atoms with E-state index in [0.717, 1.165) is 23.9 Å². The average molecular weight is 174 g/mol. The fourth-order valence-electron chi connectivity index (χ4n) is 1.49. The second kappa shape index (κ2) is 3.21. The Hall–Kier alpha value is -1.31. The lowest BCUT2D eigenvalue weighted by molar-refractivity contribution is 1.07. The zero-order valence-electron chi connectivity index (χ0n) is 8.09. The van der Waals surface area contributed by atoms with E-state index in [-0.39, 0.29) is 0 Å². The molecular weight excluding hydrogens is 160 g/mol. The summed E-state index contributed by atoms with van der Waals surface area (Å²) in [4.78, 5) is 7.75. The molecule has 2 rings (SSSR count). The molecule has 2 heteroatoms. The number of aryl methyl sites for hydroxylation is 2. The van der Waals surface area contributed by atoms with E-state index in [2.05, 4.69) is 35.9 Å². The Morgan fingerprint density at radius 3 is 2.77 bits per heavy atom. The van der Waals surface area contributed by atoms with Crippen LogP contribution in [0.2, 0.25) is 0 Å². The molecule has 0 aliphatic heterocycles. The second-order valence-electron chi connectivity index (χ2n) is 3.28. The van der Waals surface area contributed by atoms with Gasteiger partial charge in [-0.3, -0.25) is 4.98 Å². The van der Waals surface area contributed by atoms with Crippen molar-refractivity contribution in [2.75, 3.05) is 0 Å². The molecule has 2 aromatic heterocycles. The van der Waals surface area contributed by atoms with Gasteiger partial charge in [0.05, 0.1) is 11.0 Å². The molecule has 0 spiro atoms. The number of rotatable bonds is 2. The van der Waals surface area contributed by atoms with Gasteiger partial charge in [0, 0.05) is 11.9 Å². The van der Waals surface area contributed by atoms with Gasteiger partial charge in [0.2, 0.25) is 0 Å². The molecule has 0 saturated carbocycles. The van der Waals surface area contributed by atoms with E-state index in [1.165, 1.54) is 11.3 Å². The number of nitrogens with zero attached hydrogens (tertiary/aromatic N) is 1. The maximum atomic E-state index is 4.39. The second-order valence-corrected chi connectivity index (χ2v) is 3.28. The first-order chi connectivity index (χ1) is 6.33. The number of hydrogen-bond donors (Lipinski definition) is 1. The van der Waals surface area contributed by atoms with E-state index in [4.69, 9.17) is 0 Å². The fourth-order valence-corrected chi connectivity index (χ4v) is 1.49. The Labute approximate surface area is 78.0 Å². The van der Waals surface area contributed by atoms with Crippen LogP contribution < -0.4 is 0 Å². The largest absolute Gasteiger partial charge is 0.357 e. The van der Waals surface area contributed by atoms with Crippen LogP contribution in [0.1, 0.15) is 25.1 Å². The van der Waals surface area contributed by atoms with Gasteiger partial charge in [-0.2, -0.15) is 0 Å². The number of pyridine rings is 1. The highest BCUT2D eigenvalue weighted by atomic mass is 14.8. The lowest BCUT2D eigenvalue weighted by atomic mass is 10.2. The zero-order chi connectivity index (χ0) is 9.26. The van der Waals surface area contributed by atoms with Gasteiger partial charge < -0.3 is 4.98 Å². The summed E-state index contributed by atoms with van der Waals surface area (Å²) >= 11 is 0. The maximum absolute atomic E-state index is 4.39. The van der Waals surface area contributed by atoms with E-state index in [9.17, 15) is 0 Å². The van der Waals surface area contributed by atoms with Crippen molar-refractivity contribution in [2.45, 2.75) is 26.7 Å². The third-order valence-corrected chi connectivity index (χ3v) is 2.37. The third-order valence-electron chi connectivity index (χ3n) is 2.37. The summed E-state index contributed by atoms with van der Waals surface area (Å²) in [5, 5.41) is 0. The van der Waals surface area contributed by atoms with Crippen LogP contribution in [0.25, 0.3) is 11.0 Å². The monoisotopic (exact) mass is 174 g/mol. The Kier molecular flexibility index (Phi) is 2.05. The minimum Gasteiger partial charge on any atom is -0.357 e. The van der Waals surface area contributed by atoms with Gasteiger partial charge in [-0.05, 0) is 30.5 Å². The van der Waals surface area contributed by atoms with Crippen LogP contribution in [-0.2, 0) is 12.8 Å². The highest BCUT2D eigenvalue weighted by Crippen LogP contribution is 2.14. The van der Waals surface area contributed by atoms with Crippen molar-refractivity contribution in [3.63, 3.8) is 0 Å². The van der Waals surface area contributed by atoms with Crippen molar-refractivity contribution < 1.29 is 0 Å². The van der Waals surface area contributed by atoms with Gasteiger partial charge in [-0.25, -0.2) is 0 Å². The van der Waals surface area contributed by atoms with Gasteiger partial charge in [0.15, 0.2) is 0 Å². The van der Waals surface area contributed by atoms with Gasteiger partial charge in [0.1, 0.15) is 0 Å². The molecule has 2 heterocycles. The molecule has 2 aromatic rings. The molecule has 0 unspecified atom stereocenters. The molecule has 2 nitrogen and oxygen atoms in total. The minimum absolute atomic E-state index is 1.04. The van der Waals surface area contributed by atoms with Crippen LogP contribution in [0.15, 0.2) is 18.3 Å². The van der Waals surface area contributed by atoms with Crippen LogP contribution in [0.4, 0.5) is 0 Å².